The van der Waals surface area contributed by atoms with Gasteiger partial charge < -0.3 is 10.0 Å². The molecular formula is C6H3BClFMgO2. The van der Waals surface area contributed by atoms with Gasteiger partial charge in [0.25, 0.3) is 0 Å². The molecule has 0 bridgehead atoms. The first-order valence-electron chi connectivity index (χ1n) is 2.88. The Morgan fingerprint density at radius 2 is 1.92 bits per heavy atom. The van der Waals surface area contributed by atoms with Crippen LogP contribution >= 0.6 is 11.6 Å². The molecule has 12 heavy (non-hydrogen) atoms. The summed E-state index contributed by atoms with van der Waals surface area (Å²) in [5.74, 6) is -0.735. The van der Waals surface area contributed by atoms with Crippen molar-refractivity contribution in [2.75, 3.05) is 0 Å². The Morgan fingerprint density at radius 1 is 1.33 bits per heavy atom. The minimum atomic E-state index is -2.15. The van der Waals surface area contributed by atoms with E-state index in [1.807, 2.05) is 0 Å². The van der Waals surface area contributed by atoms with Gasteiger partial charge in [0.05, 0.1) is 5.02 Å². The van der Waals surface area contributed by atoms with Gasteiger partial charge in [-0.2, -0.15) is 0 Å². The Hall–Kier alpha value is 0.191. The quantitative estimate of drug-likeness (QED) is 0.514. The van der Waals surface area contributed by atoms with E-state index >= 15 is 0 Å². The molecule has 2 nitrogen and oxygen atoms in total. The Bertz CT molecular complexity index is 272. The van der Waals surface area contributed by atoms with Crippen LogP contribution in [0, 0.1) is 5.82 Å². The minimum Gasteiger partial charge on any atom is -0.889 e. The molecule has 0 aromatic heterocycles. The zero-order valence-corrected chi connectivity index (χ0v) is 8.26. The van der Waals surface area contributed by atoms with Gasteiger partial charge in [0, 0.05) is 0 Å². The van der Waals surface area contributed by atoms with Gasteiger partial charge in [-0.05, 0) is 12.1 Å². The van der Waals surface area contributed by atoms with Crippen molar-refractivity contribution in [1.29, 1.82) is 0 Å². The Labute approximate surface area is 90.7 Å². The SMILES string of the molecule is [Mg+2].[O-]B([O-])c1ccc(Cl)c(F)c1. The predicted molar refractivity (Wildman–Crippen MR) is 42.6 cm³/mol. The summed E-state index contributed by atoms with van der Waals surface area (Å²) in [6.07, 6.45) is 0. The van der Waals surface area contributed by atoms with Crippen LogP contribution in [-0.2, 0) is 0 Å². The molecule has 1 rings (SSSR count). The summed E-state index contributed by atoms with van der Waals surface area (Å²) in [6, 6.07) is 3.26. The summed E-state index contributed by atoms with van der Waals surface area (Å²) in [7, 11) is -2.15. The monoisotopic (exact) mass is 196 g/mol. The van der Waals surface area contributed by atoms with Crippen LogP contribution in [0.2, 0.25) is 5.02 Å². The molecule has 0 aliphatic carbocycles. The van der Waals surface area contributed by atoms with E-state index in [0.29, 0.717) is 0 Å². The van der Waals surface area contributed by atoms with E-state index in [0.717, 1.165) is 6.07 Å². The van der Waals surface area contributed by atoms with Crippen molar-refractivity contribution in [3.05, 3.63) is 29.0 Å². The molecular weight excluding hydrogens is 194 g/mol. The van der Waals surface area contributed by atoms with Crippen LogP contribution in [0.4, 0.5) is 4.39 Å². The molecule has 0 fully saturated rings. The van der Waals surface area contributed by atoms with E-state index in [1.165, 1.54) is 12.1 Å². The molecule has 0 spiro atoms. The standard InChI is InChI=1S/C6H3BClFO2.Mg/c8-5-2-1-4(7(10)11)3-6(5)9;/h1-3H;/q-2;+2. The third kappa shape index (κ3) is 2.91. The Balaban J connectivity index is 0.00000121. The van der Waals surface area contributed by atoms with Gasteiger partial charge in [0.2, 0.25) is 0 Å². The van der Waals surface area contributed by atoms with Gasteiger partial charge in [-0.3, -0.25) is 0 Å². The maximum absolute atomic E-state index is 12.5. The third-order valence-corrected chi connectivity index (χ3v) is 1.52. The van der Waals surface area contributed by atoms with Gasteiger partial charge in [0.1, 0.15) is 5.82 Å². The topological polar surface area (TPSA) is 46.1 Å². The van der Waals surface area contributed by atoms with Crippen molar-refractivity contribution in [2.45, 2.75) is 0 Å². The first kappa shape index (κ1) is 12.2. The second kappa shape index (κ2) is 5.04. The van der Waals surface area contributed by atoms with E-state index in [1.54, 1.807) is 0 Å². The average Bonchev–Trinajstić information content (AvgIpc) is 1.94. The van der Waals surface area contributed by atoms with Crippen molar-refractivity contribution in [3.63, 3.8) is 0 Å². The van der Waals surface area contributed by atoms with Gasteiger partial charge in [-0.25, -0.2) is 4.39 Å². The summed E-state index contributed by atoms with van der Waals surface area (Å²) in [4.78, 5) is 0. The summed E-state index contributed by atoms with van der Waals surface area (Å²) in [6.45, 7) is 0. The van der Waals surface area contributed by atoms with E-state index < -0.39 is 12.9 Å². The molecule has 0 heterocycles. The Kier molecular flexibility index (Phi) is 5.12. The van der Waals surface area contributed by atoms with Gasteiger partial charge in [-0.15, -0.1) is 5.46 Å². The molecule has 1 aromatic rings. The maximum Gasteiger partial charge on any atom is 2.00 e. The fraction of sp³-hybridized carbons (Fsp3) is 0. The summed E-state index contributed by atoms with van der Waals surface area (Å²) in [5.41, 5.74) is -0.132. The molecule has 0 unspecified atom stereocenters. The molecule has 0 saturated carbocycles. The minimum absolute atomic E-state index is 0. The molecule has 0 N–H and O–H groups in total. The third-order valence-electron chi connectivity index (χ3n) is 1.22. The van der Waals surface area contributed by atoms with E-state index in [-0.39, 0.29) is 33.5 Å². The zero-order valence-electron chi connectivity index (χ0n) is 6.09. The number of rotatable bonds is 1. The Morgan fingerprint density at radius 3 is 2.33 bits per heavy atom. The fourth-order valence-electron chi connectivity index (χ4n) is 0.659. The van der Waals surface area contributed by atoms with Crippen LogP contribution in [0.15, 0.2) is 18.2 Å². The van der Waals surface area contributed by atoms with Crippen LogP contribution < -0.4 is 15.5 Å². The first-order valence-corrected chi connectivity index (χ1v) is 3.25. The molecule has 58 valence electrons. The van der Waals surface area contributed by atoms with Crippen molar-refractivity contribution in [1.82, 2.24) is 0 Å². The summed E-state index contributed by atoms with van der Waals surface area (Å²) >= 11 is 5.31. The normalized spacial score (nSPS) is 9.00. The van der Waals surface area contributed by atoms with E-state index in [2.05, 4.69) is 0 Å². The number of benzene rings is 1. The molecule has 0 aliphatic rings. The second-order valence-corrected chi connectivity index (χ2v) is 2.41. The molecule has 1 aromatic carbocycles. The van der Waals surface area contributed by atoms with Crippen LogP contribution in [0.5, 0.6) is 0 Å². The van der Waals surface area contributed by atoms with Crippen molar-refractivity contribution in [2.24, 2.45) is 0 Å². The number of halogens is 2. The van der Waals surface area contributed by atoms with Crippen molar-refractivity contribution < 1.29 is 14.4 Å². The number of hydrogen-bond acceptors (Lipinski definition) is 2. The summed E-state index contributed by atoms with van der Waals surface area (Å²) in [5, 5.41) is 20.4. The van der Waals surface area contributed by atoms with Crippen LogP contribution in [0.3, 0.4) is 0 Å². The molecule has 0 atom stereocenters. The smallest absolute Gasteiger partial charge is 0.889 e. The van der Waals surface area contributed by atoms with Gasteiger partial charge in [0.15, 0.2) is 0 Å². The first-order chi connectivity index (χ1) is 5.11. The molecule has 0 radical (unpaired) electrons. The molecule has 6 heteroatoms. The van der Waals surface area contributed by atoms with Crippen LogP contribution in [0.25, 0.3) is 0 Å². The van der Waals surface area contributed by atoms with E-state index in [4.69, 9.17) is 11.6 Å². The predicted octanol–water partition coefficient (Wildman–Crippen LogP) is -1.49. The number of hydrogen-bond donors (Lipinski definition) is 0. The molecule has 0 amide bonds. The largest absolute Gasteiger partial charge is 2.00 e. The van der Waals surface area contributed by atoms with Crippen molar-refractivity contribution in [3.8, 4) is 0 Å². The van der Waals surface area contributed by atoms with Crippen LogP contribution in [-0.4, -0.2) is 30.2 Å². The fourth-order valence-corrected chi connectivity index (χ4v) is 0.777. The second-order valence-electron chi connectivity index (χ2n) is 2.01. The average molecular weight is 197 g/mol. The van der Waals surface area contributed by atoms with Crippen molar-refractivity contribution >= 4 is 47.2 Å². The van der Waals surface area contributed by atoms with Gasteiger partial charge >= 0.3 is 23.1 Å². The van der Waals surface area contributed by atoms with Gasteiger partial charge in [-0.1, -0.05) is 24.8 Å². The molecule has 0 aliphatic heterocycles. The van der Waals surface area contributed by atoms with E-state index in [9.17, 15) is 14.4 Å². The van der Waals surface area contributed by atoms with Crippen LogP contribution in [0.1, 0.15) is 0 Å². The zero-order chi connectivity index (χ0) is 8.43. The summed E-state index contributed by atoms with van der Waals surface area (Å²) < 4.78 is 12.5. The maximum atomic E-state index is 12.5. The molecule has 0 saturated heterocycles.